The first kappa shape index (κ1) is 17.3. The van der Waals surface area contributed by atoms with Crippen LogP contribution in [-0.4, -0.2) is 46.1 Å². The normalized spacial score (nSPS) is 18.0. The Morgan fingerprint density at radius 2 is 1.74 bits per heavy atom. The van der Waals surface area contributed by atoms with E-state index in [4.69, 9.17) is 4.84 Å². The SMILES string of the molecule is O=C(CCCCCN1C(=O)C=C(Br)C1=O)ON1C(=O)CCC1=O. The number of rotatable bonds is 7. The molecule has 4 amide bonds. The van der Waals surface area contributed by atoms with E-state index in [0.717, 1.165) is 4.90 Å². The molecule has 0 radical (unpaired) electrons. The van der Waals surface area contributed by atoms with Crippen LogP contribution >= 0.6 is 15.9 Å². The molecule has 0 atom stereocenters. The van der Waals surface area contributed by atoms with Gasteiger partial charge in [0.05, 0.1) is 4.48 Å². The van der Waals surface area contributed by atoms with E-state index in [9.17, 15) is 24.0 Å². The third-order valence-corrected chi connectivity index (χ3v) is 4.00. The monoisotopic (exact) mass is 386 g/mol. The van der Waals surface area contributed by atoms with E-state index >= 15 is 0 Å². The van der Waals surface area contributed by atoms with Gasteiger partial charge in [-0.15, -0.1) is 5.06 Å². The molecule has 0 N–H and O–H groups in total. The summed E-state index contributed by atoms with van der Waals surface area (Å²) in [6.07, 6.45) is 3.04. The minimum Gasteiger partial charge on any atom is -0.330 e. The smallest absolute Gasteiger partial charge is 0.330 e. The predicted octanol–water partition coefficient (Wildman–Crippen LogP) is 0.802. The predicted molar refractivity (Wildman–Crippen MR) is 79.4 cm³/mol. The third-order valence-electron chi connectivity index (χ3n) is 3.43. The van der Waals surface area contributed by atoms with Gasteiger partial charge in [-0.3, -0.25) is 24.1 Å². The summed E-state index contributed by atoms with van der Waals surface area (Å²) >= 11 is 3.01. The summed E-state index contributed by atoms with van der Waals surface area (Å²) in [7, 11) is 0. The Kier molecular flexibility index (Phi) is 5.64. The first-order valence-electron chi connectivity index (χ1n) is 7.19. The quantitative estimate of drug-likeness (QED) is 0.473. The van der Waals surface area contributed by atoms with Gasteiger partial charge in [0, 0.05) is 31.9 Å². The van der Waals surface area contributed by atoms with Gasteiger partial charge in [-0.2, -0.15) is 0 Å². The van der Waals surface area contributed by atoms with Gasteiger partial charge in [0.2, 0.25) is 0 Å². The number of halogens is 1. The lowest BCUT2D eigenvalue weighted by molar-refractivity contribution is -0.197. The molecule has 1 fully saturated rings. The molecule has 2 aliphatic heterocycles. The fourth-order valence-corrected chi connectivity index (χ4v) is 2.62. The van der Waals surface area contributed by atoms with Gasteiger partial charge in [0.15, 0.2) is 0 Å². The van der Waals surface area contributed by atoms with E-state index in [1.54, 1.807) is 0 Å². The van der Waals surface area contributed by atoms with Crippen molar-refractivity contribution in [3.63, 3.8) is 0 Å². The van der Waals surface area contributed by atoms with Crippen LogP contribution in [0.1, 0.15) is 38.5 Å². The molecule has 8 nitrogen and oxygen atoms in total. The van der Waals surface area contributed by atoms with Gasteiger partial charge in [-0.25, -0.2) is 4.79 Å². The van der Waals surface area contributed by atoms with E-state index in [0.29, 0.717) is 24.3 Å². The molecule has 0 unspecified atom stereocenters. The molecule has 23 heavy (non-hydrogen) atoms. The molecule has 0 bridgehead atoms. The summed E-state index contributed by atoms with van der Waals surface area (Å²) in [6, 6.07) is 0. The largest absolute Gasteiger partial charge is 0.333 e. The molecule has 0 aliphatic carbocycles. The van der Waals surface area contributed by atoms with Gasteiger partial charge in [0.1, 0.15) is 0 Å². The Balaban J connectivity index is 1.61. The van der Waals surface area contributed by atoms with Crippen molar-refractivity contribution in [3.05, 3.63) is 10.6 Å². The Morgan fingerprint density at radius 3 is 2.30 bits per heavy atom. The lowest BCUT2D eigenvalue weighted by atomic mass is 10.2. The molecule has 0 aromatic carbocycles. The molecular weight excluding hydrogens is 372 g/mol. The van der Waals surface area contributed by atoms with Crippen LogP contribution in [-0.2, 0) is 28.8 Å². The molecule has 0 spiro atoms. The number of hydrogen-bond donors (Lipinski definition) is 0. The van der Waals surface area contributed by atoms with Crippen LogP contribution in [0.4, 0.5) is 0 Å². The molecule has 9 heteroatoms. The molecule has 2 aliphatic rings. The number of nitrogens with zero attached hydrogens (tertiary/aromatic N) is 2. The number of imide groups is 2. The lowest BCUT2D eigenvalue weighted by Crippen LogP contribution is -2.32. The van der Waals surface area contributed by atoms with E-state index in [1.165, 1.54) is 6.08 Å². The van der Waals surface area contributed by atoms with Gasteiger partial charge in [0.25, 0.3) is 23.6 Å². The Hall–Kier alpha value is -2.03. The molecular formula is C14H15BrN2O6. The molecule has 124 valence electrons. The zero-order valence-corrected chi connectivity index (χ0v) is 13.8. The number of amides is 4. The van der Waals surface area contributed by atoms with Gasteiger partial charge >= 0.3 is 5.97 Å². The van der Waals surface area contributed by atoms with Crippen molar-refractivity contribution in [3.8, 4) is 0 Å². The highest BCUT2D eigenvalue weighted by atomic mass is 79.9. The van der Waals surface area contributed by atoms with Crippen LogP contribution in [0, 0.1) is 0 Å². The van der Waals surface area contributed by atoms with Crippen molar-refractivity contribution < 1.29 is 28.8 Å². The minimum absolute atomic E-state index is 0.0564. The van der Waals surface area contributed by atoms with Crippen LogP contribution < -0.4 is 0 Å². The molecule has 0 aromatic rings. The average Bonchev–Trinajstić information content (AvgIpc) is 2.93. The van der Waals surface area contributed by atoms with E-state index < -0.39 is 17.8 Å². The standard InChI is InChI=1S/C14H15BrN2O6/c15-9-8-12(20)16(14(9)22)7-3-1-2-4-13(21)23-17-10(18)5-6-11(17)19/h8H,1-7H2. The number of hydroxylamine groups is 2. The van der Waals surface area contributed by atoms with Crippen molar-refractivity contribution in [2.75, 3.05) is 6.54 Å². The van der Waals surface area contributed by atoms with Gasteiger partial charge < -0.3 is 4.84 Å². The van der Waals surface area contributed by atoms with E-state index in [2.05, 4.69) is 15.9 Å². The number of carbonyl (C=O) groups excluding carboxylic acids is 5. The van der Waals surface area contributed by atoms with E-state index in [-0.39, 0.29) is 42.1 Å². The second kappa shape index (κ2) is 7.49. The fraction of sp³-hybridized carbons (Fsp3) is 0.500. The van der Waals surface area contributed by atoms with Crippen molar-refractivity contribution in [1.82, 2.24) is 9.96 Å². The highest BCUT2D eigenvalue weighted by Gasteiger charge is 2.32. The molecule has 2 heterocycles. The van der Waals surface area contributed by atoms with E-state index in [1.807, 2.05) is 0 Å². The second-order valence-electron chi connectivity index (χ2n) is 5.14. The summed E-state index contributed by atoms with van der Waals surface area (Å²) in [5.41, 5.74) is 0. The lowest BCUT2D eigenvalue weighted by Gasteiger charge is -2.14. The summed E-state index contributed by atoms with van der Waals surface area (Å²) in [5.74, 6) is -2.38. The van der Waals surface area contributed by atoms with Crippen LogP contribution in [0.25, 0.3) is 0 Å². The number of hydrogen-bond acceptors (Lipinski definition) is 6. The molecule has 0 saturated carbocycles. The molecule has 0 aromatic heterocycles. The maximum Gasteiger partial charge on any atom is 0.333 e. The summed E-state index contributed by atoms with van der Waals surface area (Å²) < 4.78 is 0.242. The highest BCUT2D eigenvalue weighted by Crippen LogP contribution is 2.19. The Morgan fingerprint density at radius 1 is 1.09 bits per heavy atom. The van der Waals surface area contributed by atoms with Gasteiger partial charge in [-0.05, 0) is 28.8 Å². The highest BCUT2D eigenvalue weighted by molar-refractivity contribution is 9.12. The van der Waals surface area contributed by atoms with Crippen LogP contribution in [0.2, 0.25) is 0 Å². The Bertz CT molecular complexity index is 584. The molecule has 2 rings (SSSR count). The van der Waals surface area contributed by atoms with Gasteiger partial charge in [-0.1, -0.05) is 6.42 Å². The van der Waals surface area contributed by atoms with Crippen molar-refractivity contribution in [1.29, 1.82) is 0 Å². The maximum atomic E-state index is 11.6. The summed E-state index contributed by atoms with van der Waals surface area (Å²) in [6.45, 7) is 0.279. The van der Waals surface area contributed by atoms with Crippen LogP contribution in [0.3, 0.4) is 0 Å². The average molecular weight is 387 g/mol. The third kappa shape index (κ3) is 4.25. The van der Waals surface area contributed by atoms with Crippen LogP contribution in [0.15, 0.2) is 10.6 Å². The van der Waals surface area contributed by atoms with Crippen molar-refractivity contribution in [2.45, 2.75) is 38.5 Å². The fourth-order valence-electron chi connectivity index (χ4n) is 2.21. The number of unbranched alkanes of at least 4 members (excludes halogenated alkanes) is 2. The first-order valence-corrected chi connectivity index (χ1v) is 7.99. The topological polar surface area (TPSA) is 101 Å². The summed E-state index contributed by atoms with van der Waals surface area (Å²) in [5, 5.41) is 0.521. The Labute approximate surface area is 140 Å². The minimum atomic E-state index is -0.647. The zero-order valence-electron chi connectivity index (χ0n) is 12.2. The van der Waals surface area contributed by atoms with Crippen molar-refractivity contribution >= 4 is 45.5 Å². The van der Waals surface area contributed by atoms with Crippen LogP contribution in [0.5, 0.6) is 0 Å². The summed E-state index contributed by atoms with van der Waals surface area (Å²) in [4.78, 5) is 63.0. The first-order chi connectivity index (χ1) is 10.9. The maximum absolute atomic E-state index is 11.6. The molecule has 1 saturated heterocycles. The van der Waals surface area contributed by atoms with Crippen molar-refractivity contribution in [2.24, 2.45) is 0 Å². The number of carbonyl (C=O) groups is 5. The zero-order chi connectivity index (χ0) is 17.0. The second-order valence-corrected chi connectivity index (χ2v) is 6.00.